The van der Waals surface area contributed by atoms with Crippen molar-refractivity contribution in [2.45, 2.75) is 0 Å². The van der Waals surface area contributed by atoms with Gasteiger partial charge in [-0.15, -0.1) is 0 Å². The zero-order valence-electron chi connectivity index (χ0n) is 8.68. The lowest BCUT2D eigenvalue weighted by molar-refractivity contribution is 0.629. The molecule has 0 unspecified atom stereocenters. The molecule has 0 aliphatic rings. The van der Waals surface area contributed by atoms with Crippen LogP contribution in [-0.2, 0) is 0 Å². The largest absolute Gasteiger partial charge is 0.399 e. The maximum absolute atomic E-state index is 13.1. The van der Waals surface area contributed by atoms with Crippen LogP contribution in [0.1, 0.15) is 0 Å². The quantitative estimate of drug-likeness (QED) is 0.791. The molecule has 0 heterocycles. The van der Waals surface area contributed by atoms with Crippen LogP contribution in [0.3, 0.4) is 0 Å². The first-order chi connectivity index (χ1) is 8.06. The van der Waals surface area contributed by atoms with E-state index >= 15 is 0 Å². The van der Waals surface area contributed by atoms with Crippen LogP contribution in [0.15, 0.2) is 36.4 Å². The Morgan fingerprint density at radius 2 is 1.88 bits per heavy atom. The van der Waals surface area contributed by atoms with Gasteiger partial charge in [0.15, 0.2) is 0 Å². The number of halogens is 3. The van der Waals surface area contributed by atoms with E-state index in [1.165, 1.54) is 12.1 Å². The highest BCUT2D eigenvalue weighted by atomic mass is 35.5. The summed E-state index contributed by atoms with van der Waals surface area (Å²) in [6, 6.07) is 9.35. The minimum absolute atomic E-state index is 0.339. The molecule has 17 heavy (non-hydrogen) atoms. The van der Waals surface area contributed by atoms with Crippen LogP contribution in [-0.4, -0.2) is 0 Å². The fraction of sp³-hybridized carbons (Fsp3) is 0. The first-order valence-corrected chi connectivity index (χ1v) is 5.59. The summed E-state index contributed by atoms with van der Waals surface area (Å²) in [6.45, 7) is 0. The molecule has 0 aromatic heterocycles. The molecule has 5 heteroatoms. The van der Waals surface area contributed by atoms with Crippen molar-refractivity contribution in [3.05, 3.63) is 52.3 Å². The number of rotatable bonds is 2. The third-order valence-corrected chi connectivity index (χ3v) is 2.97. The molecule has 2 rings (SSSR count). The van der Waals surface area contributed by atoms with Gasteiger partial charge >= 0.3 is 0 Å². The van der Waals surface area contributed by atoms with Crippen LogP contribution in [0.4, 0.5) is 21.5 Å². The first kappa shape index (κ1) is 12.0. The summed E-state index contributed by atoms with van der Waals surface area (Å²) in [7, 11) is 0. The van der Waals surface area contributed by atoms with Crippen LogP contribution < -0.4 is 11.1 Å². The summed E-state index contributed by atoms with van der Waals surface area (Å²) in [6.07, 6.45) is 0. The molecule has 3 N–H and O–H groups in total. The van der Waals surface area contributed by atoms with Crippen molar-refractivity contribution in [2.24, 2.45) is 0 Å². The van der Waals surface area contributed by atoms with Gasteiger partial charge < -0.3 is 11.1 Å². The smallest absolute Gasteiger partial charge is 0.127 e. The van der Waals surface area contributed by atoms with Gasteiger partial charge in [0.25, 0.3) is 0 Å². The summed E-state index contributed by atoms with van der Waals surface area (Å²) in [5.74, 6) is -0.411. The Morgan fingerprint density at radius 1 is 1.12 bits per heavy atom. The number of nitrogens with one attached hydrogen (secondary N) is 1. The molecule has 2 nitrogen and oxygen atoms in total. The minimum atomic E-state index is -0.411. The van der Waals surface area contributed by atoms with Crippen molar-refractivity contribution < 1.29 is 4.39 Å². The zero-order valence-corrected chi connectivity index (χ0v) is 10.2. The molecule has 0 fully saturated rings. The van der Waals surface area contributed by atoms with Gasteiger partial charge in [0.1, 0.15) is 5.82 Å². The third-order valence-electron chi connectivity index (χ3n) is 2.15. The second-order valence-electron chi connectivity index (χ2n) is 3.50. The van der Waals surface area contributed by atoms with Crippen LogP contribution in [0.2, 0.25) is 10.0 Å². The Bertz CT molecular complexity index is 538. The molecular formula is C12H9Cl2FN2. The monoisotopic (exact) mass is 270 g/mol. The van der Waals surface area contributed by atoms with Crippen molar-refractivity contribution in [1.82, 2.24) is 0 Å². The molecule has 2 aromatic rings. The number of hydrogen-bond donors (Lipinski definition) is 2. The van der Waals surface area contributed by atoms with Crippen LogP contribution in [0.5, 0.6) is 0 Å². The molecule has 0 saturated heterocycles. The minimum Gasteiger partial charge on any atom is -0.399 e. The van der Waals surface area contributed by atoms with Crippen molar-refractivity contribution in [3.8, 4) is 0 Å². The zero-order chi connectivity index (χ0) is 12.4. The number of nitrogens with two attached hydrogens (primary N) is 1. The van der Waals surface area contributed by atoms with E-state index in [-0.39, 0.29) is 0 Å². The van der Waals surface area contributed by atoms with E-state index in [1.54, 1.807) is 24.3 Å². The Hall–Kier alpha value is -1.45. The van der Waals surface area contributed by atoms with E-state index in [1.807, 2.05) is 0 Å². The maximum atomic E-state index is 13.1. The summed E-state index contributed by atoms with van der Waals surface area (Å²) in [5, 5.41) is 3.78. The SMILES string of the molecule is Nc1cc(F)cc(Nc2cccc(Cl)c2Cl)c1. The maximum Gasteiger partial charge on any atom is 0.127 e. The van der Waals surface area contributed by atoms with E-state index in [0.29, 0.717) is 27.1 Å². The topological polar surface area (TPSA) is 38.0 Å². The van der Waals surface area contributed by atoms with Gasteiger partial charge in [-0.3, -0.25) is 0 Å². The lowest BCUT2D eigenvalue weighted by Crippen LogP contribution is -1.94. The molecular weight excluding hydrogens is 262 g/mol. The summed E-state index contributed by atoms with van der Waals surface area (Å²) in [4.78, 5) is 0. The van der Waals surface area contributed by atoms with Gasteiger partial charge in [-0.2, -0.15) is 0 Å². The van der Waals surface area contributed by atoms with Gasteiger partial charge in [0, 0.05) is 11.4 Å². The second-order valence-corrected chi connectivity index (χ2v) is 4.28. The van der Waals surface area contributed by atoms with Crippen molar-refractivity contribution >= 4 is 40.3 Å². The van der Waals surface area contributed by atoms with Crippen LogP contribution >= 0.6 is 23.2 Å². The standard InChI is InChI=1S/C12H9Cl2FN2/c13-10-2-1-3-11(12(10)14)17-9-5-7(15)4-8(16)6-9/h1-6,17H,16H2. The number of nitrogen functional groups attached to an aromatic ring is 1. The molecule has 0 aliphatic heterocycles. The van der Waals surface area contributed by atoms with Gasteiger partial charge in [-0.05, 0) is 30.3 Å². The van der Waals surface area contributed by atoms with Crippen LogP contribution in [0.25, 0.3) is 0 Å². The molecule has 0 bridgehead atoms. The van der Waals surface area contributed by atoms with Gasteiger partial charge in [-0.1, -0.05) is 29.3 Å². The van der Waals surface area contributed by atoms with E-state index in [9.17, 15) is 4.39 Å². The molecule has 0 radical (unpaired) electrons. The average molecular weight is 271 g/mol. The summed E-state index contributed by atoms with van der Waals surface area (Å²) in [5.41, 5.74) is 7.00. The van der Waals surface area contributed by atoms with E-state index in [4.69, 9.17) is 28.9 Å². The highest BCUT2D eigenvalue weighted by Crippen LogP contribution is 2.32. The Balaban J connectivity index is 2.34. The second kappa shape index (κ2) is 4.82. The molecule has 0 atom stereocenters. The van der Waals surface area contributed by atoms with E-state index in [0.717, 1.165) is 0 Å². The van der Waals surface area contributed by atoms with Crippen LogP contribution in [0, 0.1) is 5.82 Å². The average Bonchev–Trinajstić information content (AvgIpc) is 2.23. The van der Waals surface area contributed by atoms with Crippen molar-refractivity contribution in [1.29, 1.82) is 0 Å². The Labute approximate surface area is 108 Å². The molecule has 0 spiro atoms. The normalized spacial score (nSPS) is 10.3. The third kappa shape index (κ3) is 2.81. The fourth-order valence-electron chi connectivity index (χ4n) is 1.44. The Kier molecular flexibility index (Phi) is 3.41. The van der Waals surface area contributed by atoms with Crippen molar-refractivity contribution in [2.75, 3.05) is 11.1 Å². The van der Waals surface area contributed by atoms with Crippen molar-refractivity contribution in [3.63, 3.8) is 0 Å². The predicted octanol–water partition coefficient (Wildman–Crippen LogP) is 4.46. The molecule has 0 aliphatic carbocycles. The lowest BCUT2D eigenvalue weighted by atomic mass is 10.2. The Morgan fingerprint density at radius 3 is 2.59 bits per heavy atom. The summed E-state index contributed by atoms with van der Waals surface area (Å²) < 4.78 is 13.1. The molecule has 0 saturated carbocycles. The van der Waals surface area contributed by atoms with E-state index in [2.05, 4.69) is 5.32 Å². The number of anilines is 3. The van der Waals surface area contributed by atoms with E-state index < -0.39 is 5.82 Å². The highest BCUT2D eigenvalue weighted by Gasteiger charge is 2.05. The van der Waals surface area contributed by atoms with Gasteiger partial charge in [-0.25, -0.2) is 4.39 Å². The molecule has 88 valence electrons. The fourth-order valence-corrected chi connectivity index (χ4v) is 1.79. The number of hydrogen-bond acceptors (Lipinski definition) is 2. The molecule has 2 aromatic carbocycles. The lowest BCUT2D eigenvalue weighted by Gasteiger charge is -2.10. The van der Waals surface area contributed by atoms with Gasteiger partial charge in [0.05, 0.1) is 15.7 Å². The first-order valence-electron chi connectivity index (χ1n) is 4.83. The highest BCUT2D eigenvalue weighted by molar-refractivity contribution is 6.43. The predicted molar refractivity (Wildman–Crippen MR) is 70.6 cm³/mol. The summed E-state index contributed by atoms with van der Waals surface area (Å²) >= 11 is 11.9. The number of benzene rings is 2. The van der Waals surface area contributed by atoms with Gasteiger partial charge in [0.2, 0.25) is 0 Å². The molecule has 0 amide bonds.